The molecule has 0 spiro atoms. The number of aromatic hydroxyl groups is 1. The summed E-state index contributed by atoms with van der Waals surface area (Å²) in [4.78, 5) is 16.8. The van der Waals surface area contributed by atoms with Crippen LogP contribution in [0.15, 0.2) is 18.3 Å². The van der Waals surface area contributed by atoms with Crippen LogP contribution in [0.5, 0.6) is 5.75 Å². The van der Waals surface area contributed by atoms with Crippen molar-refractivity contribution in [1.29, 1.82) is 0 Å². The molecule has 0 bridgehead atoms. The van der Waals surface area contributed by atoms with Gasteiger partial charge < -0.3 is 10.0 Å². The van der Waals surface area contributed by atoms with Crippen molar-refractivity contribution < 1.29 is 9.90 Å². The van der Waals surface area contributed by atoms with Crippen LogP contribution >= 0.6 is 0 Å². The Hall–Kier alpha value is -1.58. The van der Waals surface area contributed by atoms with Crippen LogP contribution in [0.25, 0.3) is 0 Å². The first kappa shape index (κ1) is 9.51. The third kappa shape index (κ3) is 2.18. The summed E-state index contributed by atoms with van der Waals surface area (Å²) in [6.45, 7) is 2.53. The van der Waals surface area contributed by atoms with Gasteiger partial charge in [0, 0.05) is 13.6 Å². The Bertz CT molecular complexity index is 295. The zero-order valence-electron chi connectivity index (χ0n) is 7.69. The van der Waals surface area contributed by atoms with Gasteiger partial charge in [0.1, 0.15) is 11.4 Å². The van der Waals surface area contributed by atoms with E-state index in [1.807, 2.05) is 6.92 Å². The van der Waals surface area contributed by atoms with Gasteiger partial charge in [0.05, 0.1) is 6.20 Å². The molecule has 1 amide bonds. The molecule has 0 aliphatic heterocycles. The molecule has 0 saturated carbocycles. The Morgan fingerprint density at radius 1 is 1.62 bits per heavy atom. The maximum atomic E-state index is 11.5. The van der Waals surface area contributed by atoms with Crippen LogP contribution in [0.4, 0.5) is 0 Å². The van der Waals surface area contributed by atoms with E-state index >= 15 is 0 Å². The standard InChI is InChI=1S/C9H12N2O2/c1-3-11(2)9(13)8-5-4-7(12)6-10-8/h4-6,12H,3H2,1-2H3. The van der Waals surface area contributed by atoms with Gasteiger partial charge in [-0.25, -0.2) is 4.98 Å². The molecule has 1 N–H and O–H groups in total. The fraction of sp³-hybridized carbons (Fsp3) is 0.333. The molecule has 4 heteroatoms. The van der Waals surface area contributed by atoms with E-state index in [2.05, 4.69) is 4.98 Å². The highest BCUT2D eigenvalue weighted by molar-refractivity contribution is 5.92. The van der Waals surface area contributed by atoms with Gasteiger partial charge in [-0.1, -0.05) is 0 Å². The molecule has 0 aliphatic rings. The summed E-state index contributed by atoms with van der Waals surface area (Å²) >= 11 is 0. The third-order valence-electron chi connectivity index (χ3n) is 1.79. The number of amides is 1. The minimum atomic E-state index is -0.137. The summed E-state index contributed by atoms with van der Waals surface area (Å²) in [5.74, 6) is -0.0711. The number of carbonyl (C=O) groups is 1. The van der Waals surface area contributed by atoms with Gasteiger partial charge in [-0.2, -0.15) is 0 Å². The molecule has 1 rings (SSSR count). The van der Waals surface area contributed by atoms with Crippen LogP contribution in [0.2, 0.25) is 0 Å². The van der Waals surface area contributed by atoms with Gasteiger partial charge in [-0.15, -0.1) is 0 Å². The number of pyridine rings is 1. The first-order valence-electron chi connectivity index (χ1n) is 4.05. The van der Waals surface area contributed by atoms with Gasteiger partial charge in [-0.05, 0) is 19.1 Å². The predicted octanol–water partition coefficient (Wildman–Crippen LogP) is 0.879. The van der Waals surface area contributed by atoms with E-state index in [-0.39, 0.29) is 11.7 Å². The average Bonchev–Trinajstić information content (AvgIpc) is 2.17. The van der Waals surface area contributed by atoms with E-state index in [1.54, 1.807) is 11.9 Å². The van der Waals surface area contributed by atoms with Crippen molar-refractivity contribution in [1.82, 2.24) is 9.88 Å². The highest BCUT2D eigenvalue weighted by Gasteiger charge is 2.10. The van der Waals surface area contributed by atoms with Crippen molar-refractivity contribution in [2.24, 2.45) is 0 Å². The molecule has 1 aromatic heterocycles. The average molecular weight is 180 g/mol. The number of hydrogen-bond acceptors (Lipinski definition) is 3. The maximum Gasteiger partial charge on any atom is 0.272 e. The summed E-state index contributed by atoms with van der Waals surface area (Å²) in [5, 5.41) is 8.95. The van der Waals surface area contributed by atoms with E-state index in [9.17, 15) is 4.79 Å². The van der Waals surface area contributed by atoms with Crippen molar-refractivity contribution in [3.63, 3.8) is 0 Å². The van der Waals surface area contributed by atoms with E-state index in [0.29, 0.717) is 12.2 Å². The van der Waals surface area contributed by atoms with Crippen LogP contribution in [-0.2, 0) is 0 Å². The second-order valence-electron chi connectivity index (χ2n) is 2.72. The van der Waals surface area contributed by atoms with Gasteiger partial charge in [0.15, 0.2) is 0 Å². The smallest absolute Gasteiger partial charge is 0.272 e. The summed E-state index contributed by atoms with van der Waals surface area (Å²) in [5.41, 5.74) is 0.349. The number of rotatable bonds is 2. The molecule has 0 unspecified atom stereocenters. The molecule has 0 atom stereocenters. The van der Waals surface area contributed by atoms with Crippen LogP contribution in [0, 0.1) is 0 Å². The van der Waals surface area contributed by atoms with Crippen molar-refractivity contribution in [3.05, 3.63) is 24.0 Å². The Morgan fingerprint density at radius 3 is 2.77 bits per heavy atom. The Morgan fingerprint density at radius 2 is 2.31 bits per heavy atom. The summed E-state index contributed by atoms with van der Waals surface area (Å²) < 4.78 is 0. The van der Waals surface area contributed by atoms with Crippen LogP contribution in [-0.4, -0.2) is 34.5 Å². The first-order valence-corrected chi connectivity index (χ1v) is 4.05. The fourth-order valence-corrected chi connectivity index (χ4v) is 0.852. The monoisotopic (exact) mass is 180 g/mol. The number of nitrogens with zero attached hydrogens (tertiary/aromatic N) is 2. The Kier molecular flexibility index (Phi) is 2.84. The van der Waals surface area contributed by atoms with E-state index in [0.717, 1.165) is 0 Å². The molecular formula is C9H12N2O2. The number of hydrogen-bond donors (Lipinski definition) is 1. The molecule has 1 aromatic rings. The lowest BCUT2D eigenvalue weighted by Crippen LogP contribution is -2.26. The van der Waals surface area contributed by atoms with E-state index in [1.165, 1.54) is 18.3 Å². The topological polar surface area (TPSA) is 53.4 Å². The van der Waals surface area contributed by atoms with Gasteiger partial charge in [-0.3, -0.25) is 4.79 Å². The molecule has 1 heterocycles. The largest absolute Gasteiger partial charge is 0.506 e. The number of aromatic nitrogens is 1. The minimum Gasteiger partial charge on any atom is -0.506 e. The first-order chi connectivity index (χ1) is 6.15. The Balaban J connectivity index is 2.83. The zero-order chi connectivity index (χ0) is 9.84. The second-order valence-corrected chi connectivity index (χ2v) is 2.72. The zero-order valence-corrected chi connectivity index (χ0v) is 7.69. The molecule has 13 heavy (non-hydrogen) atoms. The lowest BCUT2D eigenvalue weighted by atomic mass is 10.3. The van der Waals surface area contributed by atoms with E-state index < -0.39 is 0 Å². The lowest BCUT2D eigenvalue weighted by Gasteiger charge is -2.13. The summed E-state index contributed by atoms with van der Waals surface area (Å²) in [6.07, 6.45) is 1.26. The van der Waals surface area contributed by atoms with Crippen molar-refractivity contribution in [3.8, 4) is 5.75 Å². The molecule has 0 aliphatic carbocycles. The van der Waals surface area contributed by atoms with Crippen LogP contribution < -0.4 is 0 Å². The summed E-state index contributed by atoms with van der Waals surface area (Å²) in [6, 6.07) is 2.95. The molecule has 4 nitrogen and oxygen atoms in total. The highest BCUT2D eigenvalue weighted by Crippen LogP contribution is 2.07. The van der Waals surface area contributed by atoms with Gasteiger partial charge in [0.2, 0.25) is 0 Å². The van der Waals surface area contributed by atoms with Crippen molar-refractivity contribution in [2.75, 3.05) is 13.6 Å². The molecule has 0 saturated heterocycles. The van der Waals surface area contributed by atoms with Crippen molar-refractivity contribution in [2.45, 2.75) is 6.92 Å². The molecular weight excluding hydrogens is 168 g/mol. The second kappa shape index (κ2) is 3.89. The number of carbonyl (C=O) groups excluding carboxylic acids is 1. The quantitative estimate of drug-likeness (QED) is 0.735. The maximum absolute atomic E-state index is 11.5. The predicted molar refractivity (Wildman–Crippen MR) is 48.5 cm³/mol. The van der Waals surface area contributed by atoms with Crippen LogP contribution in [0.3, 0.4) is 0 Å². The Labute approximate surface area is 76.8 Å². The van der Waals surface area contributed by atoms with Gasteiger partial charge >= 0.3 is 0 Å². The molecule has 0 aromatic carbocycles. The molecule has 70 valence electrons. The van der Waals surface area contributed by atoms with Crippen molar-refractivity contribution >= 4 is 5.91 Å². The SMILES string of the molecule is CCN(C)C(=O)c1ccc(O)cn1. The molecule has 0 radical (unpaired) electrons. The van der Waals surface area contributed by atoms with Gasteiger partial charge in [0.25, 0.3) is 5.91 Å². The van der Waals surface area contributed by atoms with E-state index in [4.69, 9.17) is 5.11 Å². The van der Waals surface area contributed by atoms with Crippen LogP contribution in [0.1, 0.15) is 17.4 Å². The fourth-order valence-electron chi connectivity index (χ4n) is 0.852. The molecule has 0 fully saturated rings. The highest BCUT2D eigenvalue weighted by atomic mass is 16.3. The third-order valence-corrected chi connectivity index (χ3v) is 1.79. The minimum absolute atomic E-state index is 0.0655. The normalized spacial score (nSPS) is 9.69. The summed E-state index contributed by atoms with van der Waals surface area (Å²) in [7, 11) is 1.71. The lowest BCUT2D eigenvalue weighted by molar-refractivity contribution is 0.0796.